The van der Waals surface area contributed by atoms with Crippen molar-refractivity contribution in [2.24, 2.45) is 0 Å². The molecule has 3 aromatic rings. The van der Waals surface area contributed by atoms with Crippen LogP contribution in [0.4, 0.5) is 0 Å². The van der Waals surface area contributed by atoms with Gasteiger partial charge in [0.1, 0.15) is 5.75 Å². The fraction of sp³-hybridized carbons (Fsp3) is 0. The first-order valence-electron chi connectivity index (χ1n) is 5.77. The largest absolute Gasteiger partial charge is 0.507 e. The van der Waals surface area contributed by atoms with Gasteiger partial charge in [-0.3, -0.25) is 0 Å². The maximum atomic E-state index is 9.49. The normalized spacial score (nSPS) is 10.4. The van der Waals surface area contributed by atoms with Crippen LogP contribution in [0.25, 0.3) is 21.6 Å². The van der Waals surface area contributed by atoms with E-state index in [9.17, 15) is 5.11 Å². The lowest BCUT2D eigenvalue weighted by Crippen LogP contribution is -1.81. The number of hydrogen-bond donors (Lipinski definition) is 1. The molecule has 0 saturated carbocycles. The van der Waals surface area contributed by atoms with Crippen LogP contribution < -0.4 is 0 Å². The first-order chi connectivity index (χ1) is 8.84. The average Bonchev–Trinajstić information content (AvgIpc) is 2.86. The predicted molar refractivity (Wildman–Crippen MR) is 76.9 cm³/mol. The van der Waals surface area contributed by atoms with Gasteiger partial charge in [0, 0.05) is 10.3 Å². The Morgan fingerprint density at radius 2 is 1.44 bits per heavy atom. The average molecular weight is 252 g/mol. The number of benzene rings is 2. The van der Waals surface area contributed by atoms with Crippen LogP contribution in [-0.4, -0.2) is 5.11 Å². The van der Waals surface area contributed by atoms with Gasteiger partial charge >= 0.3 is 0 Å². The summed E-state index contributed by atoms with van der Waals surface area (Å²) in [5.41, 5.74) is 3.55. The maximum Gasteiger partial charge on any atom is 0.126 e. The van der Waals surface area contributed by atoms with E-state index in [1.54, 1.807) is 16.7 Å². The fourth-order valence-corrected chi connectivity index (χ4v) is 2.84. The van der Waals surface area contributed by atoms with E-state index in [-0.39, 0.29) is 0 Å². The van der Waals surface area contributed by atoms with Crippen LogP contribution in [0.2, 0.25) is 0 Å². The highest BCUT2D eigenvalue weighted by Crippen LogP contribution is 2.36. The van der Waals surface area contributed by atoms with Gasteiger partial charge in [-0.05, 0) is 22.8 Å². The van der Waals surface area contributed by atoms with Crippen LogP contribution in [0.15, 0.2) is 66.0 Å². The second-order valence-electron chi connectivity index (χ2n) is 4.08. The van der Waals surface area contributed by atoms with E-state index in [1.807, 2.05) is 36.4 Å². The van der Waals surface area contributed by atoms with Crippen molar-refractivity contribution in [3.05, 3.63) is 66.0 Å². The molecule has 2 heteroatoms. The van der Waals surface area contributed by atoms with E-state index in [4.69, 9.17) is 0 Å². The van der Waals surface area contributed by atoms with Crippen LogP contribution in [0.3, 0.4) is 0 Å². The van der Waals surface area contributed by atoms with Crippen molar-refractivity contribution in [2.45, 2.75) is 0 Å². The molecular weight excluding hydrogens is 240 g/mol. The molecule has 1 heterocycles. The Balaban J connectivity index is 2.17. The fourth-order valence-electron chi connectivity index (χ4n) is 2.03. The minimum Gasteiger partial charge on any atom is -0.507 e. The molecule has 0 aliphatic heterocycles. The van der Waals surface area contributed by atoms with Crippen molar-refractivity contribution in [3.63, 3.8) is 0 Å². The van der Waals surface area contributed by atoms with Gasteiger partial charge in [-0.25, -0.2) is 0 Å². The molecule has 0 aliphatic carbocycles. The van der Waals surface area contributed by atoms with E-state index < -0.39 is 0 Å². The molecule has 0 amide bonds. The Kier molecular flexibility index (Phi) is 2.87. The minimum absolute atomic E-state index is 0.331. The van der Waals surface area contributed by atoms with Crippen LogP contribution >= 0.6 is 11.3 Å². The predicted octanol–water partition coefficient (Wildman–Crippen LogP) is 4.79. The number of aromatic hydroxyl groups is 1. The molecule has 3 rings (SSSR count). The minimum atomic E-state index is 0.331. The van der Waals surface area contributed by atoms with Gasteiger partial charge in [0.15, 0.2) is 0 Å². The molecule has 0 radical (unpaired) electrons. The van der Waals surface area contributed by atoms with Gasteiger partial charge < -0.3 is 5.11 Å². The zero-order valence-corrected chi connectivity index (χ0v) is 10.5. The van der Waals surface area contributed by atoms with E-state index in [0.29, 0.717) is 5.75 Å². The Hall–Kier alpha value is -2.06. The number of hydrogen-bond acceptors (Lipinski definition) is 2. The molecule has 2 aromatic carbocycles. The molecular formula is C16H12OS. The Labute approximate surface area is 110 Å². The summed E-state index contributed by atoms with van der Waals surface area (Å²) in [5, 5.41) is 11.2. The van der Waals surface area contributed by atoms with Crippen molar-refractivity contribution >= 4 is 11.3 Å². The quantitative estimate of drug-likeness (QED) is 0.695. The van der Waals surface area contributed by atoms with Gasteiger partial charge in [-0.15, -0.1) is 11.3 Å². The first kappa shape index (κ1) is 11.1. The third kappa shape index (κ3) is 2.03. The molecule has 1 aromatic heterocycles. The maximum absolute atomic E-state index is 9.49. The lowest BCUT2D eigenvalue weighted by molar-refractivity contribution is 0.478. The molecule has 0 aliphatic rings. The summed E-state index contributed by atoms with van der Waals surface area (Å²) in [5.74, 6) is 0.331. The molecule has 0 bridgehead atoms. The zero-order valence-electron chi connectivity index (χ0n) is 9.71. The molecule has 0 saturated heterocycles. The van der Waals surface area contributed by atoms with Gasteiger partial charge in [0.25, 0.3) is 0 Å². The smallest absolute Gasteiger partial charge is 0.126 e. The van der Waals surface area contributed by atoms with E-state index in [2.05, 4.69) is 24.3 Å². The highest BCUT2D eigenvalue weighted by Gasteiger charge is 2.08. The van der Waals surface area contributed by atoms with Gasteiger partial charge in [-0.2, -0.15) is 0 Å². The van der Waals surface area contributed by atoms with E-state index in [1.165, 1.54) is 11.1 Å². The first-order valence-corrected chi connectivity index (χ1v) is 6.65. The summed E-state index contributed by atoms with van der Waals surface area (Å²) in [6.07, 6.45) is 0. The van der Waals surface area contributed by atoms with Crippen LogP contribution in [0.5, 0.6) is 5.75 Å². The molecule has 0 unspecified atom stereocenters. The van der Waals surface area contributed by atoms with Crippen LogP contribution in [0.1, 0.15) is 0 Å². The summed E-state index contributed by atoms with van der Waals surface area (Å²) in [6.45, 7) is 0. The number of thiophene rings is 1. The van der Waals surface area contributed by atoms with Crippen molar-refractivity contribution in [2.75, 3.05) is 0 Å². The summed E-state index contributed by atoms with van der Waals surface area (Å²) in [6, 6.07) is 20.4. The SMILES string of the molecule is Oc1csc(-c2ccccc2-c2ccccc2)c1. The topological polar surface area (TPSA) is 20.2 Å². The molecule has 1 N–H and O–H groups in total. The van der Waals surface area contributed by atoms with Gasteiger partial charge in [0.2, 0.25) is 0 Å². The third-order valence-corrected chi connectivity index (χ3v) is 3.81. The summed E-state index contributed by atoms with van der Waals surface area (Å²) in [4.78, 5) is 1.09. The van der Waals surface area contributed by atoms with E-state index in [0.717, 1.165) is 10.4 Å². The molecule has 1 nitrogen and oxygen atoms in total. The Morgan fingerprint density at radius 3 is 2.11 bits per heavy atom. The Bertz CT molecular complexity index is 656. The van der Waals surface area contributed by atoms with Crippen LogP contribution in [-0.2, 0) is 0 Å². The lowest BCUT2D eigenvalue weighted by atomic mass is 9.99. The van der Waals surface area contributed by atoms with Crippen LogP contribution in [0, 0.1) is 0 Å². The summed E-state index contributed by atoms with van der Waals surface area (Å²) >= 11 is 1.56. The molecule has 0 atom stereocenters. The lowest BCUT2D eigenvalue weighted by Gasteiger charge is -2.07. The van der Waals surface area contributed by atoms with Crippen molar-refractivity contribution in [1.29, 1.82) is 0 Å². The van der Waals surface area contributed by atoms with E-state index >= 15 is 0 Å². The molecule has 0 spiro atoms. The standard InChI is InChI=1S/C16H12OS/c17-13-10-16(18-11-13)15-9-5-4-8-14(15)12-6-2-1-3-7-12/h1-11,17H. The second-order valence-corrected chi connectivity index (χ2v) is 4.99. The molecule has 88 valence electrons. The Morgan fingerprint density at radius 1 is 0.778 bits per heavy atom. The van der Waals surface area contributed by atoms with Gasteiger partial charge in [0.05, 0.1) is 0 Å². The van der Waals surface area contributed by atoms with Crippen molar-refractivity contribution in [1.82, 2.24) is 0 Å². The highest BCUT2D eigenvalue weighted by atomic mass is 32.1. The van der Waals surface area contributed by atoms with Crippen molar-refractivity contribution < 1.29 is 5.11 Å². The summed E-state index contributed by atoms with van der Waals surface area (Å²) < 4.78 is 0. The molecule has 18 heavy (non-hydrogen) atoms. The number of rotatable bonds is 2. The summed E-state index contributed by atoms with van der Waals surface area (Å²) in [7, 11) is 0. The molecule has 0 fully saturated rings. The third-order valence-electron chi connectivity index (χ3n) is 2.86. The highest BCUT2D eigenvalue weighted by molar-refractivity contribution is 7.13. The zero-order chi connectivity index (χ0) is 12.4. The monoisotopic (exact) mass is 252 g/mol. The second kappa shape index (κ2) is 4.67. The van der Waals surface area contributed by atoms with Gasteiger partial charge in [-0.1, -0.05) is 54.6 Å². The van der Waals surface area contributed by atoms with Crippen molar-refractivity contribution in [3.8, 4) is 27.3 Å².